The number of rotatable bonds is 2. The van der Waals surface area contributed by atoms with Gasteiger partial charge in [-0.15, -0.1) is 0 Å². The Morgan fingerprint density at radius 3 is 2.81 bits per heavy atom. The Hall–Kier alpha value is -1.66. The highest BCUT2D eigenvalue weighted by Crippen LogP contribution is 2.27. The fraction of sp³-hybridized carbons (Fsp3) is 0.357. The van der Waals surface area contributed by atoms with E-state index in [0.717, 1.165) is 19.5 Å². The van der Waals surface area contributed by atoms with Crippen molar-refractivity contribution in [2.45, 2.75) is 12.5 Å². The number of carbonyl (C=O) groups excluding carboxylic acids is 1. The zero-order valence-corrected chi connectivity index (χ0v) is 12.1. The zero-order valence-electron chi connectivity index (χ0n) is 11.3. The van der Waals surface area contributed by atoms with Gasteiger partial charge in [0.2, 0.25) is 0 Å². The molecule has 1 aromatic carbocycles. The van der Waals surface area contributed by atoms with Crippen LogP contribution in [0.3, 0.4) is 0 Å². The molecule has 1 atom stereocenters. The van der Waals surface area contributed by atoms with Crippen LogP contribution >= 0.6 is 11.6 Å². The summed E-state index contributed by atoms with van der Waals surface area (Å²) in [6, 6.07) is 2.90. The lowest BCUT2D eigenvalue weighted by Crippen LogP contribution is -2.38. The maximum atomic E-state index is 13.8. The van der Waals surface area contributed by atoms with E-state index in [9.17, 15) is 13.6 Å². The van der Waals surface area contributed by atoms with Crippen LogP contribution in [0.4, 0.5) is 8.78 Å². The predicted octanol–water partition coefficient (Wildman–Crippen LogP) is 2.53. The normalized spacial score (nSPS) is 18.4. The van der Waals surface area contributed by atoms with E-state index in [4.69, 9.17) is 11.6 Å². The third kappa shape index (κ3) is 2.38. The van der Waals surface area contributed by atoms with Gasteiger partial charge in [-0.2, -0.15) is 0 Å². The van der Waals surface area contributed by atoms with E-state index in [-0.39, 0.29) is 28.2 Å². The minimum Gasteiger partial charge on any atom is -0.348 e. The van der Waals surface area contributed by atoms with Crippen LogP contribution in [0.15, 0.2) is 12.1 Å². The maximum absolute atomic E-state index is 13.8. The van der Waals surface area contributed by atoms with E-state index in [0.29, 0.717) is 5.39 Å². The molecule has 0 aliphatic carbocycles. The van der Waals surface area contributed by atoms with E-state index in [2.05, 4.69) is 10.3 Å². The average molecular weight is 314 g/mol. The third-order valence-corrected chi connectivity index (χ3v) is 4.16. The van der Waals surface area contributed by atoms with Crippen LogP contribution in [0.5, 0.6) is 0 Å². The molecule has 1 aromatic heterocycles. The molecule has 1 fully saturated rings. The summed E-state index contributed by atoms with van der Waals surface area (Å²) in [5, 5.41) is 3.25. The van der Waals surface area contributed by atoms with Crippen molar-refractivity contribution in [1.82, 2.24) is 15.2 Å². The largest absolute Gasteiger partial charge is 0.348 e. The molecule has 2 heterocycles. The number of aromatic nitrogens is 1. The molecule has 3 rings (SSSR count). The molecule has 1 unspecified atom stereocenters. The Bertz CT molecular complexity index is 710. The number of benzene rings is 1. The molecule has 1 amide bonds. The highest BCUT2D eigenvalue weighted by atomic mass is 35.5. The number of hydrogen-bond acceptors (Lipinski definition) is 2. The van der Waals surface area contributed by atoms with Gasteiger partial charge in [-0.1, -0.05) is 11.6 Å². The zero-order chi connectivity index (χ0) is 15.1. The van der Waals surface area contributed by atoms with Crippen LogP contribution in [0.2, 0.25) is 5.02 Å². The SMILES string of the molecule is CN(C(=O)c1cc2cc(Cl)c(F)c(F)c2[nH]1)C1CCNC1. The summed E-state index contributed by atoms with van der Waals surface area (Å²) in [4.78, 5) is 16.7. The van der Waals surface area contributed by atoms with Crippen molar-refractivity contribution < 1.29 is 13.6 Å². The molecule has 1 aliphatic heterocycles. The number of H-pyrrole nitrogens is 1. The van der Waals surface area contributed by atoms with Crippen molar-refractivity contribution in [3.8, 4) is 0 Å². The molecule has 1 aliphatic rings. The molecule has 4 nitrogen and oxygen atoms in total. The van der Waals surface area contributed by atoms with E-state index >= 15 is 0 Å². The second-order valence-corrected chi connectivity index (χ2v) is 5.60. The first-order valence-electron chi connectivity index (χ1n) is 6.63. The number of nitrogens with one attached hydrogen (secondary N) is 2. The van der Waals surface area contributed by atoms with Gasteiger partial charge in [-0.3, -0.25) is 4.79 Å². The van der Waals surface area contributed by atoms with Crippen LogP contribution in [0.1, 0.15) is 16.9 Å². The molecule has 1 saturated heterocycles. The second-order valence-electron chi connectivity index (χ2n) is 5.20. The maximum Gasteiger partial charge on any atom is 0.270 e. The Balaban J connectivity index is 1.97. The first-order chi connectivity index (χ1) is 9.99. The van der Waals surface area contributed by atoms with Gasteiger partial charge < -0.3 is 15.2 Å². The first-order valence-corrected chi connectivity index (χ1v) is 7.01. The summed E-state index contributed by atoms with van der Waals surface area (Å²) in [6.07, 6.45) is 0.872. The van der Waals surface area contributed by atoms with Crippen LogP contribution < -0.4 is 5.32 Å². The summed E-state index contributed by atoms with van der Waals surface area (Å²) in [5.74, 6) is -2.43. The monoisotopic (exact) mass is 313 g/mol. The van der Waals surface area contributed by atoms with Crippen molar-refractivity contribution in [1.29, 1.82) is 0 Å². The lowest BCUT2D eigenvalue weighted by Gasteiger charge is -2.23. The second kappa shape index (κ2) is 5.27. The third-order valence-electron chi connectivity index (χ3n) is 3.89. The Morgan fingerprint density at radius 2 is 2.14 bits per heavy atom. The van der Waals surface area contributed by atoms with Crippen molar-refractivity contribution in [3.63, 3.8) is 0 Å². The Labute approximate surface area is 125 Å². The van der Waals surface area contributed by atoms with Crippen LogP contribution in [0, 0.1) is 11.6 Å². The van der Waals surface area contributed by atoms with Crippen LogP contribution in [0.25, 0.3) is 10.9 Å². The summed E-state index contributed by atoms with van der Waals surface area (Å²) in [7, 11) is 1.70. The molecule has 21 heavy (non-hydrogen) atoms. The van der Waals surface area contributed by atoms with Gasteiger partial charge in [0, 0.05) is 25.0 Å². The van der Waals surface area contributed by atoms with Crippen LogP contribution in [-0.4, -0.2) is 42.0 Å². The van der Waals surface area contributed by atoms with Crippen molar-refractivity contribution in [2.75, 3.05) is 20.1 Å². The minimum absolute atomic E-state index is 0.0433. The molecule has 0 bridgehead atoms. The number of aromatic amines is 1. The molecule has 0 saturated carbocycles. The first kappa shape index (κ1) is 14.3. The number of carbonyl (C=O) groups is 1. The van der Waals surface area contributed by atoms with E-state index < -0.39 is 11.6 Å². The standard InChI is InChI=1S/C14H14ClF2N3O/c1-20(8-2-3-18-6-8)14(21)10-5-7-4-9(15)11(16)12(17)13(7)19-10/h4-5,8,18-19H,2-3,6H2,1H3. The van der Waals surface area contributed by atoms with E-state index in [1.54, 1.807) is 11.9 Å². The fourth-order valence-electron chi connectivity index (χ4n) is 2.62. The number of amides is 1. The van der Waals surface area contributed by atoms with Crippen LogP contribution in [-0.2, 0) is 0 Å². The molecular formula is C14H14ClF2N3O. The lowest BCUT2D eigenvalue weighted by molar-refractivity contribution is 0.0739. The van der Waals surface area contributed by atoms with Gasteiger partial charge in [0.1, 0.15) is 5.69 Å². The van der Waals surface area contributed by atoms with E-state index in [1.807, 2.05) is 0 Å². The van der Waals surface area contributed by atoms with Crippen molar-refractivity contribution in [3.05, 3.63) is 34.5 Å². The molecule has 2 aromatic rings. The Kier molecular flexibility index (Phi) is 3.59. The minimum atomic E-state index is -1.11. The highest BCUT2D eigenvalue weighted by molar-refractivity contribution is 6.31. The predicted molar refractivity (Wildman–Crippen MR) is 76.6 cm³/mol. The summed E-state index contributed by atoms with van der Waals surface area (Å²) in [5.41, 5.74) is 0.179. The number of fused-ring (bicyclic) bond motifs is 1. The van der Waals surface area contributed by atoms with Crippen molar-refractivity contribution in [2.24, 2.45) is 0 Å². The van der Waals surface area contributed by atoms with Crippen molar-refractivity contribution >= 4 is 28.4 Å². The molecule has 2 N–H and O–H groups in total. The van der Waals surface area contributed by atoms with Gasteiger partial charge >= 0.3 is 0 Å². The number of nitrogens with zero attached hydrogens (tertiary/aromatic N) is 1. The molecule has 0 spiro atoms. The molecule has 112 valence electrons. The summed E-state index contributed by atoms with van der Waals surface area (Å²) in [6.45, 7) is 1.60. The lowest BCUT2D eigenvalue weighted by atomic mass is 10.2. The Morgan fingerprint density at radius 1 is 1.38 bits per heavy atom. The number of hydrogen-bond donors (Lipinski definition) is 2. The topological polar surface area (TPSA) is 48.1 Å². The van der Waals surface area contributed by atoms with Gasteiger partial charge in [-0.05, 0) is 25.1 Å². The van der Waals surface area contributed by atoms with E-state index in [1.165, 1.54) is 12.1 Å². The summed E-state index contributed by atoms with van der Waals surface area (Å²) < 4.78 is 27.3. The highest BCUT2D eigenvalue weighted by Gasteiger charge is 2.25. The van der Waals surface area contributed by atoms with Gasteiger partial charge in [0.25, 0.3) is 5.91 Å². The quantitative estimate of drug-likeness (QED) is 0.837. The van der Waals surface area contributed by atoms with Gasteiger partial charge in [0.15, 0.2) is 11.6 Å². The number of halogens is 3. The average Bonchev–Trinajstić information content (AvgIpc) is 3.12. The molecule has 7 heteroatoms. The molecule has 0 radical (unpaired) electrons. The smallest absolute Gasteiger partial charge is 0.270 e. The van der Waals surface area contributed by atoms with Gasteiger partial charge in [0.05, 0.1) is 10.5 Å². The fourth-order valence-corrected chi connectivity index (χ4v) is 2.82. The number of likely N-dealkylation sites (N-methyl/N-ethyl adjacent to an activating group) is 1. The van der Waals surface area contributed by atoms with Gasteiger partial charge in [-0.25, -0.2) is 8.78 Å². The molecular weight excluding hydrogens is 300 g/mol. The summed E-state index contributed by atoms with van der Waals surface area (Å²) >= 11 is 5.62.